The Bertz CT molecular complexity index is 1290. The first kappa shape index (κ1) is 24.8. The highest BCUT2D eigenvalue weighted by atomic mass is 19.3. The molecule has 2 N–H and O–H groups in total. The van der Waals surface area contributed by atoms with Crippen LogP contribution < -0.4 is 5.32 Å². The second kappa shape index (κ2) is 9.19. The molecule has 1 aromatic heterocycles. The number of aromatic amines is 1. The summed E-state index contributed by atoms with van der Waals surface area (Å²) in [6, 6.07) is 6.11. The Morgan fingerprint density at radius 1 is 1.17 bits per heavy atom. The summed E-state index contributed by atoms with van der Waals surface area (Å²) in [5, 5.41) is 3.86. The molecule has 36 heavy (non-hydrogen) atoms. The Morgan fingerprint density at radius 2 is 1.86 bits per heavy atom. The van der Waals surface area contributed by atoms with Crippen LogP contribution in [0.25, 0.3) is 10.9 Å². The van der Waals surface area contributed by atoms with E-state index < -0.39 is 42.2 Å². The predicted molar refractivity (Wildman–Crippen MR) is 128 cm³/mol. The van der Waals surface area contributed by atoms with Crippen LogP contribution in [0.3, 0.4) is 0 Å². The minimum atomic E-state index is -3.07. The Labute approximate surface area is 206 Å². The van der Waals surface area contributed by atoms with Crippen LogP contribution in [0, 0.1) is 17.6 Å². The van der Waals surface area contributed by atoms with Crippen molar-refractivity contribution in [1.82, 2.24) is 15.2 Å². The van der Waals surface area contributed by atoms with Gasteiger partial charge in [0.1, 0.15) is 11.6 Å². The van der Waals surface area contributed by atoms with Gasteiger partial charge in [-0.15, -0.1) is 0 Å². The highest BCUT2D eigenvalue weighted by Gasteiger charge is 2.42. The molecular formula is C27H29F4N3O2. The van der Waals surface area contributed by atoms with E-state index in [1.165, 1.54) is 24.1 Å². The van der Waals surface area contributed by atoms with Crippen molar-refractivity contribution in [3.63, 3.8) is 0 Å². The highest BCUT2D eigenvalue weighted by Crippen LogP contribution is 2.43. The maximum Gasteiger partial charge on any atom is 0.337 e. The van der Waals surface area contributed by atoms with E-state index in [1.807, 2.05) is 0 Å². The first-order chi connectivity index (χ1) is 17.1. The normalized spacial score (nSPS) is 20.9. The fraction of sp³-hybridized carbons (Fsp3) is 0.444. The SMILES string of the molecule is COC(=O)c1ccc2[nH]c3c(c2c1)CC(C)N(CC(C)(F)F)C3c1c(F)cc(CC2CNC2)cc1F. The number of rotatable bonds is 6. The summed E-state index contributed by atoms with van der Waals surface area (Å²) in [6.45, 7) is 3.53. The Balaban J connectivity index is 1.66. The molecule has 2 atom stereocenters. The zero-order valence-electron chi connectivity index (χ0n) is 20.4. The van der Waals surface area contributed by atoms with Gasteiger partial charge < -0.3 is 15.0 Å². The molecule has 2 unspecified atom stereocenters. The summed E-state index contributed by atoms with van der Waals surface area (Å²) in [7, 11) is 1.29. The van der Waals surface area contributed by atoms with Crippen LogP contribution >= 0.6 is 0 Å². The number of ether oxygens (including phenoxy) is 1. The summed E-state index contributed by atoms with van der Waals surface area (Å²) in [4.78, 5) is 16.8. The minimum Gasteiger partial charge on any atom is -0.465 e. The van der Waals surface area contributed by atoms with Crippen LogP contribution in [0.2, 0.25) is 0 Å². The van der Waals surface area contributed by atoms with Gasteiger partial charge in [0.2, 0.25) is 0 Å². The molecule has 0 radical (unpaired) electrons. The molecular weight excluding hydrogens is 474 g/mol. The van der Waals surface area contributed by atoms with Crippen LogP contribution in [0.1, 0.15) is 52.6 Å². The zero-order chi connectivity index (χ0) is 25.8. The number of carbonyl (C=O) groups excluding carboxylic acids is 1. The molecule has 2 aliphatic rings. The first-order valence-electron chi connectivity index (χ1n) is 12.1. The third-order valence-corrected chi connectivity index (χ3v) is 7.29. The van der Waals surface area contributed by atoms with E-state index in [-0.39, 0.29) is 5.56 Å². The number of carbonyl (C=O) groups is 1. The van der Waals surface area contributed by atoms with Gasteiger partial charge in [-0.25, -0.2) is 22.4 Å². The Kier molecular flexibility index (Phi) is 6.32. The van der Waals surface area contributed by atoms with Gasteiger partial charge in [-0.05, 0) is 80.2 Å². The molecule has 2 aromatic carbocycles. The fourth-order valence-corrected chi connectivity index (χ4v) is 5.52. The molecule has 0 bridgehead atoms. The number of esters is 1. The number of hydrogen-bond acceptors (Lipinski definition) is 4. The van der Waals surface area contributed by atoms with E-state index in [1.54, 1.807) is 25.1 Å². The largest absolute Gasteiger partial charge is 0.465 e. The van der Waals surface area contributed by atoms with Crippen LogP contribution in [0.5, 0.6) is 0 Å². The van der Waals surface area contributed by atoms with Gasteiger partial charge in [-0.2, -0.15) is 0 Å². The lowest BCUT2D eigenvalue weighted by atomic mass is 9.86. The second-order valence-corrected chi connectivity index (χ2v) is 10.2. The van der Waals surface area contributed by atoms with Gasteiger partial charge in [-0.3, -0.25) is 4.90 Å². The van der Waals surface area contributed by atoms with Crippen molar-refractivity contribution in [2.45, 2.75) is 44.7 Å². The standard InChI is InChI=1S/C27H29F4N3O2/c1-14-6-19-18-10-17(26(35)36-3)4-5-22(18)33-24(19)25(34(14)13-27(2,30)31)23-20(28)8-15(9-21(23)29)7-16-11-32-12-16/h4-5,8-10,14,16,25,32-33H,6-7,11-13H2,1-3H3. The van der Waals surface area contributed by atoms with Crippen molar-refractivity contribution < 1.29 is 27.1 Å². The van der Waals surface area contributed by atoms with E-state index in [0.717, 1.165) is 25.6 Å². The molecule has 1 fully saturated rings. The third-order valence-electron chi connectivity index (χ3n) is 7.29. The van der Waals surface area contributed by atoms with Gasteiger partial charge in [0.05, 0.1) is 25.3 Å². The molecule has 0 spiro atoms. The molecule has 3 heterocycles. The summed E-state index contributed by atoms with van der Waals surface area (Å²) >= 11 is 0. The van der Waals surface area contributed by atoms with E-state index in [2.05, 4.69) is 10.3 Å². The molecule has 2 aliphatic heterocycles. The molecule has 0 saturated carbocycles. The number of H-pyrrole nitrogens is 1. The van der Waals surface area contributed by atoms with Crippen LogP contribution in [0.4, 0.5) is 17.6 Å². The van der Waals surface area contributed by atoms with Gasteiger partial charge in [0, 0.05) is 35.1 Å². The number of aromatic nitrogens is 1. The number of benzene rings is 2. The lowest BCUT2D eigenvalue weighted by Crippen LogP contribution is -2.48. The molecule has 9 heteroatoms. The maximum absolute atomic E-state index is 15.6. The van der Waals surface area contributed by atoms with E-state index >= 15 is 8.78 Å². The molecule has 1 saturated heterocycles. The summed E-state index contributed by atoms with van der Waals surface area (Å²) < 4.78 is 64.6. The molecule has 0 aliphatic carbocycles. The number of nitrogens with one attached hydrogen (secondary N) is 2. The van der Waals surface area contributed by atoms with Crippen LogP contribution in [-0.2, 0) is 17.6 Å². The van der Waals surface area contributed by atoms with E-state index in [9.17, 15) is 13.6 Å². The number of fused-ring (bicyclic) bond motifs is 3. The second-order valence-electron chi connectivity index (χ2n) is 10.2. The monoisotopic (exact) mass is 503 g/mol. The average molecular weight is 504 g/mol. The van der Waals surface area contributed by atoms with Crippen molar-refractivity contribution in [2.75, 3.05) is 26.7 Å². The quantitative estimate of drug-likeness (QED) is 0.368. The van der Waals surface area contributed by atoms with Crippen molar-refractivity contribution in [3.05, 3.63) is 69.9 Å². The summed E-state index contributed by atoms with van der Waals surface area (Å²) in [6.07, 6.45) is 0.926. The van der Waals surface area contributed by atoms with Gasteiger partial charge >= 0.3 is 5.97 Å². The lowest BCUT2D eigenvalue weighted by molar-refractivity contribution is -0.0374. The van der Waals surface area contributed by atoms with Crippen molar-refractivity contribution in [2.24, 2.45) is 5.92 Å². The topological polar surface area (TPSA) is 57.4 Å². The fourth-order valence-electron chi connectivity index (χ4n) is 5.52. The zero-order valence-corrected chi connectivity index (χ0v) is 20.4. The number of nitrogens with zero attached hydrogens (tertiary/aromatic N) is 1. The predicted octanol–water partition coefficient (Wildman–Crippen LogP) is 4.99. The maximum atomic E-state index is 15.6. The first-order valence-corrected chi connectivity index (χ1v) is 12.1. The molecule has 3 aromatic rings. The van der Waals surface area contributed by atoms with Crippen molar-refractivity contribution in [3.8, 4) is 0 Å². The lowest BCUT2D eigenvalue weighted by Gasteiger charge is -2.42. The Morgan fingerprint density at radius 3 is 2.44 bits per heavy atom. The highest BCUT2D eigenvalue weighted by molar-refractivity contribution is 5.96. The van der Waals surface area contributed by atoms with E-state index in [0.29, 0.717) is 46.5 Å². The minimum absolute atomic E-state index is 0.248. The molecule has 5 rings (SSSR count). The smallest absolute Gasteiger partial charge is 0.337 e. The van der Waals surface area contributed by atoms with Crippen LogP contribution in [0.15, 0.2) is 30.3 Å². The third kappa shape index (κ3) is 4.50. The summed E-state index contributed by atoms with van der Waals surface area (Å²) in [5.41, 5.74) is 2.52. The van der Waals surface area contributed by atoms with Gasteiger partial charge in [-0.1, -0.05) is 0 Å². The van der Waals surface area contributed by atoms with Crippen LogP contribution in [-0.4, -0.2) is 54.6 Å². The number of hydrogen-bond donors (Lipinski definition) is 2. The number of methoxy groups -OCH3 is 1. The molecule has 5 nitrogen and oxygen atoms in total. The Hall–Kier alpha value is -2.91. The van der Waals surface area contributed by atoms with Gasteiger partial charge in [0.15, 0.2) is 0 Å². The number of alkyl halides is 2. The van der Waals surface area contributed by atoms with Gasteiger partial charge in [0.25, 0.3) is 5.92 Å². The average Bonchev–Trinajstić information content (AvgIpc) is 3.13. The molecule has 0 amide bonds. The molecule has 192 valence electrons. The van der Waals surface area contributed by atoms with Crippen molar-refractivity contribution >= 4 is 16.9 Å². The van der Waals surface area contributed by atoms with E-state index in [4.69, 9.17) is 4.74 Å². The summed E-state index contributed by atoms with van der Waals surface area (Å²) in [5.74, 6) is -4.75. The number of halogens is 4. The van der Waals surface area contributed by atoms with Crippen molar-refractivity contribution in [1.29, 1.82) is 0 Å².